The first-order valence-electron chi connectivity index (χ1n) is 8.23. The van der Waals surface area contributed by atoms with Gasteiger partial charge in [0.1, 0.15) is 11.5 Å². The molecular weight excluding hydrogens is 334 g/mol. The molecule has 0 aliphatic heterocycles. The molecule has 26 heavy (non-hydrogen) atoms. The minimum atomic E-state index is -0.937. The van der Waals surface area contributed by atoms with Crippen LogP contribution in [0.25, 0.3) is 0 Å². The lowest BCUT2D eigenvalue weighted by Gasteiger charge is -2.14. The van der Waals surface area contributed by atoms with E-state index in [0.29, 0.717) is 17.2 Å². The van der Waals surface area contributed by atoms with Gasteiger partial charge in [-0.05, 0) is 68.3 Å². The summed E-state index contributed by atoms with van der Waals surface area (Å²) >= 11 is 0. The van der Waals surface area contributed by atoms with Crippen molar-refractivity contribution in [2.45, 2.75) is 26.9 Å². The molecule has 0 radical (unpaired) electrons. The monoisotopic (exact) mass is 357 g/mol. The van der Waals surface area contributed by atoms with Gasteiger partial charge in [0, 0.05) is 5.69 Å². The van der Waals surface area contributed by atoms with Gasteiger partial charge in [0.05, 0.1) is 7.11 Å². The second-order valence-electron chi connectivity index (χ2n) is 5.88. The lowest BCUT2D eigenvalue weighted by atomic mass is 10.1. The van der Waals surface area contributed by atoms with Crippen molar-refractivity contribution in [1.29, 1.82) is 0 Å². The van der Waals surface area contributed by atoms with Crippen molar-refractivity contribution in [2.24, 2.45) is 0 Å². The van der Waals surface area contributed by atoms with Crippen LogP contribution in [0.5, 0.6) is 11.5 Å². The van der Waals surface area contributed by atoms with Crippen LogP contribution in [-0.4, -0.2) is 31.7 Å². The normalized spacial score (nSPS) is 11.4. The van der Waals surface area contributed by atoms with Crippen LogP contribution in [0.15, 0.2) is 42.5 Å². The minimum absolute atomic E-state index is 0.261. The summed E-state index contributed by atoms with van der Waals surface area (Å²) in [5.74, 6) is 0.238. The fraction of sp³-hybridized carbons (Fsp3) is 0.300. The Labute approximate surface area is 153 Å². The number of amides is 1. The molecule has 0 saturated carbocycles. The summed E-state index contributed by atoms with van der Waals surface area (Å²) in [6, 6.07) is 12.4. The molecule has 0 heterocycles. The number of carbonyl (C=O) groups excluding carboxylic acids is 2. The van der Waals surface area contributed by atoms with Gasteiger partial charge in [0.2, 0.25) is 0 Å². The molecule has 1 amide bonds. The molecule has 0 bridgehead atoms. The summed E-state index contributed by atoms with van der Waals surface area (Å²) in [5, 5.41) is 2.67. The molecule has 0 fully saturated rings. The van der Waals surface area contributed by atoms with Gasteiger partial charge < -0.3 is 19.5 Å². The standard InChI is InChI=1S/C20H23NO5/c1-13-5-8-18(11-14(13)2)25-12-19(22)26-15(3)20(23)21-16-6-9-17(24-4)10-7-16/h5-11,15H,12H2,1-4H3,(H,21,23). The Hall–Kier alpha value is -3.02. The van der Waals surface area contributed by atoms with Gasteiger partial charge in [-0.25, -0.2) is 4.79 Å². The van der Waals surface area contributed by atoms with Gasteiger partial charge in [-0.15, -0.1) is 0 Å². The van der Waals surface area contributed by atoms with Crippen LogP contribution in [0.4, 0.5) is 5.69 Å². The van der Waals surface area contributed by atoms with Crippen LogP contribution in [0.1, 0.15) is 18.1 Å². The molecule has 2 rings (SSSR count). The number of anilines is 1. The van der Waals surface area contributed by atoms with E-state index in [2.05, 4.69) is 5.32 Å². The molecular formula is C20H23NO5. The lowest BCUT2D eigenvalue weighted by Crippen LogP contribution is -2.31. The Kier molecular flexibility index (Phi) is 6.60. The van der Waals surface area contributed by atoms with E-state index in [1.165, 1.54) is 6.92 Å². The fourth-order valence-corrected chi connectivity index (χ4v) is 2.15. The van der Waals surface area contributed by atoms with Crippen LogP contribution in [0.2, 0.25) is 0 Å². The smallest absolute Gasteiger partial charge is 0.344 e. The molecule has 0 spiro atoms. The summed E-state index contributed by atoms with van der Waals surface area (Å²) in [4.78, 5) is 24.0. The van der Waals surface area contributed by atoms with Crippen molar-refractivity contribution in [3.63, 3.8) is 0 Å². The predicted molar refractivity (Wildman–Crippen MR) is 98.6 cm³/mol. The molecule has 0 aliphatic carbocycles. The van der Waals surface area contributed by atoms with Crippen molar-refractivity contribution < 1.29 is 23.8 Å². The Balaban J connectivity index is 1.81. The van der Waals surface area contributed by atoms with E-state index in [0.717, 1.165) is 11.1 Å². The van der Waals surface area contributed by atoms with Crippen LogP contribution < -0.4 is 14.8 Å². The highest BCUT2D eigenvalue weighted by Crippen LogP contribution is 2.17. The number of benzene rings is 2. The second kappa shape index (κ2) is 8.89. The molecule has 138 valence electrons. The Morgan fingerprint density at radius 3 is 2.27 bits per heavy atom. The van der Waals surface area contributed by atoms with E-state index in [4.69, 9.17) is 14.2 Å². The summed E-state index contributed by atoms with van der Waals surface area (Å²) in [7, 11) is 1.56. The number of methoxy groups -OCH3 is 1. The van der Waals surface area contributed by atoms with E-state index < -0.39 is 18.0 Å². The van der Waals surface area contributed by atoms with Gasteiger partial charge in [0.15, 0.2) is 12.7 Å². The van der Waals surface area contributed by atoms with Gasteiger partial charge >= 0.3 is 5.97 Å². The SMILES string of the molecule is COc1ccc(NC(=O)C(C)OC(=O)COc2ccc(C)c(C)c2)cc1. The molecule has 2 aromatic rings. The van der Waals surface area contributed by atoms with Crippen molar-refractivity contribution in [2.75, 3.05) is 19.0 Å². The number of aryl methyl sites for hydroxylation is 2. The van der Waals surface area contributed by atoms with Crippen LogP contribution in [0.3, 0.4) is 0 Å². The highest BCUT2D eigenvalue weighted by atomic mass is 16.6. The highest BCUT2D eigenvalue weighted by molar-refractivity contribution is 5.95. The number of hydrogen-bond acceptors (Lipinski definition) is 5. The van der Waals surface area contributed by atoms with E-state index in [1.807, 2.05) is 26.0 Å². The average molecular weight is 357 g/mol. The van der Waals surface area contributed by atoms with Crippen LogP contribution in [0, 0.1) is 13.8 Å². The number of hydrogen-bond donors (Lipinski definition) is 1. The maximum Gasteiger partial charge on any atom is 0.344 e. The molecule has 1 N–H and O–H groups in total. The molecule has 1 atom stereocenters. The predicted octanol–water partition coefficient (Wildman–Crippen LogP) is 3.26. The summed E-state index contributed by atoms with van der Waals surface area (Å²) < 4.78 is 15.6. The Morgan fingerprint density at radius 1 is 1.00 bits per heavy atom. The van der Waals surface area contributed by atoms with E-state index in [1.54, 1.807) is 37.4 Å². The number of nitrogens with one attached hydrogen (secondary N) is 1. The summed E-state index contributed by atoms with van der Waals surface area (Å²) in [6.07, 6.45) is -0.937. The first-order chi connectivity index (χ1) is 12.4. The van der Waals surface area contributed by atoms with Gasteiger partial charge in [-0.1, -0.05) is 6.07 Å². The topological polar surface area (TPSA) is 73.9 Å². The minimum Gasteiger partial charge on any atom is -0.497 e. The highest BCUT2D eigenvalue weighted by Gasteiger charge is 2.18. The zero-order chi connectivity index (χ0) is 19.1. The first-order valence-corrected chi connectivity index (χ1v) is 8.23. The molecule has 2 aromatic carbocycles. The maximum absolute atomic E-state index is 12.1. The quantitative estimate of drug-likeness (QED) is 0.770. The number of carbonyl (C=O) groups is 2. The Morgan fingerprint density at radius 2 is 1.65 bits per heavy atom. The maximum atomic E-state index is 12.1. The van der Waals surface area contributed by atoms with Crippen molar-refractivity contribution in [1.82, 2.24) is 0 Å². The number of esters is 1. The number of ether oxygens (including phenoxy) is 3. The van der Waals surface area contributed by atoms with Gasteiger partial charge in [0.25, 0.3) is 5.91 Å². The van der Waals surface area contributed by atoms with E-state index >= 15 is 0 Å². The van der Waals surface area contributed by atoms with E-state index in [9.17, 15) is 9.59 Å². The molecule has 0 aliphatic rings. The van der Waals surface area contributed by atoms with Crippen LogP contribution >= 0.6 is 0 Å². The second-order valence-corrected chi connectivity index (χ2v) is 5.88. The zero-order valence-corrected chi connectivity index (χ0v) is 15.4. The Bertz CT molecular complexity index is 770. The third-order valence-corrected chi connectivity index (χ3v) is 3.87. The third-order valence-electron chi connectivity index (χ3n) is 3.87. The lowest BCUT2D eigenvalue weighted by molar-refractivity contribution is -0.155. The molecule has 1 unspecified atom stereocenters. The van der Waals surface area contributed by atoms with Gasteiger partial charge in [-0.3, -0.25) is 4.79 Å². The molecule has 0 aromatic heterocycles. The molecule has 0 saturated heterocycles. The van der Waals surface area contributed by atoms with Crippen LogP contribution in [-0.2, 0) is 14.3 Å². The number of rotatable bonds is 7. The van der Waals surface area contributed by atoms with Crippen molar-refractivity contribution in [3.8, 4) is 11.5 Å². The van der Waals surface area contributed by atoms with E-state index in [-0.39, 0.29) is 6.61 Å². The summed E-state index contributed by atoms with van der Waals surface area (Å²) in [6.45, 7) is 5.21. The molecule has 6 heteroatoms. The largest absolute Gasteiger partial charge is 0.497 e. The average Bonchev–Trinajstić information content (AvgIpc) is 2.63. The van der Waals surface area contributed by atoms with Crippen molar-refractivity contribution in [3.05, 3.63) is 53.6 Å². The zero-order valence-electron chi connectivity index (χ0n) is 15.4. The third kappa shape index (κ3) is 5.51. The molecule has 6 nitrogen and oxygen atoms in total. The van der Waals surface area contributed by atoms with Gasteiger partial charge in [-0.2, -0.15) is 0 Å². The van der Waals surface area contributed by atoms with Crippen molar-refractivity contribution >= 4 is 17.6 Å². The first kappa shape index (κ1) is 19.3. The fourth-order valence-electron chi connectivity index (χ4n) is 2.15. The summed E-state index contributed by atoms with van der Waals surface area (Å²) in [5.41, 5.74) is 2.80.